The van der Waals surface area contributed by atoms with Gasteiger partial charge in [-0.1, -0.05) is 0 Å². The number of piperidine rings is 1. The van der Waals surface area contributed by atoms with Crippen LogP contribution in [0.3, 0.4) is 0 Å². The number of nitrogens with zero attached hydrogens (tertiary/aromatic N) is 3. The molecule has 0 radical (unpaired) electrons. The molecule has 150 valence electrons. The van der Waals surface area contributed by atoms with E-state index in [9.17, 15) is 4.79 Å². The van der Waals surface area contributed by atoms with Crippen molar-refractivity contribution in [2.75, 3.05) is 33.3 Å². The smallest absolute Gasteiger partial charge is 0.308 e. The van der Waals surface area contributed by atoms with Crippen molar-refractivity contribution < 1.29 is 9.53 Å². The summed E-state index contributed by atoms with van der Waals surface area (Å²) in [6.07, 6.45) is 8.71. The molecule has 3 rings (SSSR count). The van der Waals surface area contributed by atoms with Crippen LogP contribution in [0.1, 0.15) is 54.6 Å². The number of guanidine groups is 1. The van der Waals surface area contributed by atoms with Gasteiger partial charge in [-0.15, -0.1) is 11.3 Å². The lowest BCUT2D eigenvalue weighted by Crippen LogP contribution is -2.46. The van der Waals surface area contributed by atoms with E-state index < -0.39 is 0 Å². The zero-order chi connectivity index (χ0) is 19.1. The molecule has 1 aliphatic heterocycles. The van der Waals surface area contributed by atoms with Gasteiger partial charge in [0, 0.05) is 37.5 Å². The van der Waals surface area contributed by atoms with Crippen molar-refractivity contribution >= 4 is 23.3 Å². The largest absolute Gasteiger partial charge is 0.469 e. The number of hydrogen-bond acceptors (Lipinski definition) is 5. The lowest BCUT2D eigenvalue weighted by atomic mass is 9.97. The van der Waals surface area contributed by atoms with Crippen molar-refractivity contribution in [1.82, 2.24) is 15.2 Å². The molecule has 0 spiro atoms. The number of esters is 1. The molecule has 27 heavy (non-hydrogen) atoms. The summed E-state index contributed by atoms with van der Waals surface area (Å²) >= 11 is 1.91. The number of fused-ring (bicyclic) bond motifs is 1. The number of rotatable bonds is 6. The molecular weight excluding hydrogens is 360 g/mol. The Hall–Kier alpha value is -1.63. The molecule has 1 aromatic rings. The Morgan fingerprint density at radius 1 is 1.33 bits per heavy atom. The second-order valence-corrected chi connectivity index (χ2v) is 8.48. The van der Waals surface area contributed by atoms with Gasteiger partial charge in [0.15, 0.2) is 5.96 Å². The molecular formula is C20H32N4O2S. The van der Waals surface area contributed by atoms with Crippen LogP contribution in [0.2, 0.25) is 0 Å². The standard InChI is InChI=1S/C20H32N4O2S/c1-3-21-20(24-13-10-15(11-14-24)19(25)26-2)22-12-6-9-18-23-16-7-4-5-8-17(16)27-18/h15H,3-14H2,1-2H3,(H,21,22). The number of aromatic nitrogens is 1. The van der Waals surface area contributed by atoms with E-state index in [4.69, 9.17) is 14.7 Å². The maximum absolute atomic E-state index is 11.7. The van der Waals surface area contributed by atoms with Crippen molar-refractivity contribution in [2.24, 2.45) is 10.9 Å². The fourth-order valence-electron chi connectivity index (χ4n) is 3.85. The maximum Gasteiger partial charge on any atom is 0.308 e. The summed E-state index contributed by atoms with van der Waals surface area (Å²) in [5.41, 5.74) is 1.35. The van der Waals surface area contributed by atoms with Crippen molar-refractivity contribution in [3.8, 4) is 0 Å². The van der Waals surface area contributed by atoms with Crippen LogP contribution in [-0.4, -0.2) is 55.1 Å². The zero-order valence-electron chi connectivity index (χ0n) is 16.6. The van der Waals surface area contributed by atoms with E-state index in [-0.39, 0.29) is 11.9 Å². The maximum atomic E-state index is 11.7. The molecule has 0 amide bonds. The first-order valence-corrected chi connectivity index (χ1v) is 11.1. The zero-order valence-corrected chi connectivity index (χ0v) is 17.4. The second kappa shape index (κ2) is 10.1. The van der Waals surface area contributed by atoms with E-state index in [1.165, 1.54) is 42.0 Å². The molecule has 0 bridgehead atoms. The predicted octanol–water partition coefficient (Wildman–Crippen LogP) is 2.81. The lowest BCUT2D eigenvalue weighted by Gasteiger charge is -2.33. The van der Waals surface area contributed by atoms with Gasteiger partial charge in [0.25, 0.3) is 0 Å². The van der Waals surface area contributed by atoms with Gasteiger partial charge < -0.3 is 15.0 Å². The number of carbonyl (C=O) groups is 1. The molecule has 2 aliphatic rings. The Morgan fingerprint density at radius 3 is 2.81 bits per heavy atom. The summed E-state index contributed by atoms with van der Waals surface area (Å²) in [6, 6.07) is 0. The summed E-state index contributed by atoms with van der Waals surface area (Å²) in [4.78, 5) is 25.1. The van der Waals surface area contributed by atoms with Gasteiger partial charge in [-0.2, -0.15) is 0 Å². The van der Waals surface area contributed by atoms with E-state index in [0.717, 1.165) is 64.2 Å². The Morgan fingerprint density at radius 2 is 2.11 bits per heavy atom. The summed E-state index contributed by atoms with van der Waals surface area (Å²) in [5, 5.41) is 4.67. The highest BCUT2D eigenvalue weighted by Gasteiger charge is 2.26. The topological polar surface area (TPSA) is 66.8 Å². The third kappa shape index (κ3) is 5.43. The molecule has 0 atom stereocenters. The van der Waals surface area contributed by atoms with Gasteiger partial charge >= 0.3 is 5.97 Å². The van der Waals surface area contributed by atoms with E-state index in [1.54, 1.807) is 0 Å². The van der Waals surface area contributed by atoms with Crippen LogP contribution in [0.5, 0.6) is 0 Å². The first kappa shape index (κ1) is 20.1. The van der Waals surface area contributed by atoms with Crippen molar-refractivity contribution in [2.45, 2.75) is 58.3 Å². The second-order valence-electron chi connectivity index (χ2n) is 7.31. The van der Waals surface area contributed by atoms with Gasteiger partial charge in [0.1, 0.15) is 0 Å². The molecule has 1 fully saturated rings. The number of nitrogens with one attached hydrogen (secondary N) is 1. The Bertz CT molecular complexity index is 627. The van der Waals surface area contributed by atoms with Gasteiger partial charge in [-0.3, -0.25) is 9.79 Å². The SMILES string of the molecule is CCNC(=NCCCc1nc2c(s1)CCCC2)N1CCC(C(=O)OC)CC1. The highest BCUT2D eigenvalue weighted by molar-refractivity contribution is 7.11. The quantitative estimate of drug-likeness (QED) is 0.349. The monoisotopic (exact) mass is 392 g/mol. The number of aliphatic imine (C=N–C) groups is 1. The lowest BCUT2D eigenvalue weighted by molar-refractivity contribution is -0.146. The number of aryl methyl sites for hydroxylation is 3. The van der Waals surface area contributed by atoms with Gasteiger partial charge in [-0.05, 0) is 51.9 Å². The van der Waals surface area contributed by atoms with Crippen LogP contribution in [0.4, 0.5) is 0 Å². The summed E-state index contributed by atoms with van der Waals surface area (Å²) in [7, 11) is 1.47. The van der Waals surface area contributed by atoms with Crippen LogP contribution < -0.4 is 5.32 Å². The van der Waals surface area contributed by atoms with Gasteiger partial charge in [0.2, 0.25) is 0 Å². The van der Waals surface area contributed by atoms with Crippen LogP contribution in [-0.2, 0) is 28.8 Å². The predicted molar refractivity (Wildman–Crippen MR) is 109 cm³/mol. The Labute approximate surface area is 166 Å². The van der Waals surface area contributed by atoms with Crippen molar-refractivity contribution in [3.63, 3.8) is 0 Å². The van der Waals surface area contributed by atoms with Crippen LogP contribution >= 0.6 is 11.3 Å². The minimum atomic E-state index is -0.0808. The molecule has 1 aliphatic carbocycles. The minimum absolute atomic E-state index is 0.0325. The van der Waals surface area contributed by atoms with Crippen LogP contribution in [0.15, 0.2) is 4.99 Å². The van der Waals surface area contributed by atoms with E-state index in [1.807, 2.05) is 11.3 Å². The van der Waals surface area contributed by atoms with Gasteiger partial charge in [0.05, 0.1) is 23.7 Å². The van der Waals surface area contributed by atoms with E-state index >= 15 is 0 Å². The van der Waals surface area contributed by atoms with Gasteiger partial charge in [-0.25, -0.2) is 4.98 Å². The van der Waals surface area contributed by atoms with Crippen molar-refractivity contribution in [1.29, 1.82) is 0 Å². The molecule has 1 saturated heterocycles. The molecule has 6 nitrogen and oxygen atoms in total. The van der Waals surface area contributed by atoms with Crippen LogP contribution in [0, 0.1) is 5.92 Å². The fourth-order valence-corrected chi connectivity index (χ4v) is 5.05. The summed E-state index contributed by atoms with van der Waals surface area (Å²) in [5.74, 6) is 0.923. The molecule has 2 heterocycles. The first-order chi connectivity index (χ1) is 13.2. The fraction of sp³-hybridized carbons (Fsp3) is 0.750. The number of methoxy groups -OCH3 is 1. The molecule has 1 N–H and O–H groups in total. The van der Waals surface area contributed by atoms with Crippen LogP contribution in [0.25, 0.3) is 0 Å². The number of thiazole rings is 1. The molecule has 0 saturated carbocycles. The number of ether oxygens (including phenoxy) is 1. The third-order valence-electron chi connectivity index (χ3n) is 5.36. The first-order valence-electron chi connectivity index (χ1n) is 10.3. The highest BCUT2D eigenvalue weighted by atomic mass is 32.1. The minimum Gasteiger partial charge on any atom is -0.469 e. The number of carbonyl (C=O) groups excluding carboxylic acids is 1. The van der Waals surface area contributed by atoms with Crippen molar-refractivity contribution in [3.05, 3.63) is 15.6 Å². The molecule has 0 aromatic carbocycles. The number of likely N-dealkylation sites (tertiary alicyclic amines) is 1. The van der Waals surface area contributed by atoms with E-state index in [2.05, 4.69) is 17.1 Å². The molecule has 0 unspecified atom stereocenters. The summed E-state index contributed by atoms with van der Waals surface area (Å²) in [6.45, 7) is 5.46. The molecule has 7 heteroatoms. The third-order valence-corrected chi connectivity index (χ3v) is 6.58. The number of hydrogen-bond donors (Lipinski definition) is 1. The average molecular weight is 393 g/mol. The average Bonchev–Trinajstić information content (AvgIpc) is 3.12. The van der Waals surface area contributed by atoms with E-state index in [0.29, 0.717) is 0 Å². The Balaban J connectivity index is 1.47. The normalized spacial score (nSPS) is 18.3. The summed E-state index contributed by atoms with van der Waals surface area (Å²) < 4.78 is 4.88. The molecule has 1 aromatic heterocycles. The Kier molecular flexibility index (Phi) is 7.50. The highest BCUT2D eigenvalue weighted by Crippen LogP contribution is 2.27.